The van der Waals surface area contributed by atoms with Gasteiger partial charge in [-0.05, 0) is 25.0 Å². The molecule has 1 N–H and O–H groups in total. The fraction of sp³-hybridized carbons (Fsp3) is 0.455. The van der Waals surface area contributed by atoms with E-state index in [4.69, 9.17) is 0 Å². The molecule has 0 spiro atoms. The van der Waals surface area contributed by atoms with Crippen molar-refractivity contribution in [2.75, 3.05) is 7.11 Å². The van der Waals surface area contributed by atoms with E-state index in [2.05, 4.69) is 9.72 Å². The zero-order chi connectivity index (χ0) is 10.9. The van der Waals surface area contributed by atoms with E-state index in [1.807, 2.05) is 0 Å². The molecule has 0 saturated heterocycles. The summed E-state index contributed by atoms with van der Waals surface area (Å²) in [5, 5.41) is 9.68. The van der Waals surface area contributed by atoms with Gasteiger partial charge >= 0.3 is 5.97 Å². The Hall–Kier alpha value is -1.42. The van der Waals surface area contributed by atoms with E-state index in [9.17, 15) is 9.90 Å². The van der Waals surface area contributed by atoms with Gasteiger partial charge in [-0.2, -0.15) is 0 Å². The molecule has 1 aromatic rings. The second kappa shape index (κ2) is 3.62. The lowest BCUT2D eigenvalue weighted by molar-refractivity contribution is 0.0600. The monoisotopic (exact) mass is 207 g/mol. The molecule has 1 aliphatic rings. The van der Waals surface area contributed by atoms with Crippen molar-refractivity contribution in [2.24, 2.45) is 0 Å². The van der Waals surface area contributed by atoms with Gasteiger partial charge in [0.25, 0.3) is 0 Å². The summed E-state index contributed by atoms with van der Waals surface area (Å²) >= 11 is 0. The molecule has 80 valence electrons. The Bertz CT molecular complexity index is 368. The van der Waals surface area contributed by atoms with E-state index in [0.29, 0.717) is 12.0 Å². The van der Waals surface area contributed by atoms with Crippen LogP contribution >= 0.6 is 0 Å². The zero-order valence-electron chi connectivity index (χ0n) is 8.56. The Labute approximate surface area is 87.9 Å². The lowest BCUT2D eigenvalue weighted by Gasteiger charge is -2.06. The summed E-state index contributed by atoms with van der Waals surface area (Å²) < 4.78 is 4.56. The summed E-state index contributed by atoms with van der Waals surface area (Å²) in [5.74, 6) is -0.390. The lowest BCUT2D eigenvalue weighted by atomic mass is 10.1. The van der Waals surface area contributed by atoms with Crippen molar-refractivity contribution >= 4 is 5.97 Å². The normalized spacial score (nSPS) is 17.2. The van der Waals surface area contributed by atoms with Crippen molar-refractivity contribution in [1.82, 2.24) is 4.98 Å². The molecule has 0 amide bonds. The SMILES string of the molecule is COC(=O)c1ccc(CC2(O)CC2)nc1. The molecule has 1 aliphatic carbocycles. The third-order valence-electron chi connectivity index (χ3n) is 2.58. The van der Waals surface area contributed by atoms with Crippen LogP contribution < -0.4 is 0 Å². The second-order valence-corrected chi connectivity index (χ2v) is 3.93. The van der Waals surface area contributed by atoms with E-state index in [0.717, 1.165) is 18.5 Å². The quantitative estimate of drug-likeness (QED) is 0.749. The third-order valence-corrected chi connectivity index (χ3v) is 2.58. The Balaban J connectivity index is 2.06. The molecule has 1 aromatic heterocycles. The number of rotatable bonds is 3. The first-order chi connectivity index (χ1) is 7.13. The molecule has 1 saturated carbocycles. The predicted molar refractivity (Wildman–Crippen MR) is 53.5 cm³/mol. The summed E-state index contributed by atoms with van der Waals surface area (Å²) in [6, 6.07) is 3.42. The number of carbonyl (C=O) groups is 1. The van der Waals surface area contributed by atoms with E-state index >= 15 is 0 Å². The molecule has 1 heterocycles. The van der Waals surface area contributed by atoms with Crippen molar-refractivity contribution < 1.29 is 14.6 Å². The van der Waals surface area contributed by atoms with Crippen molar-refractivity contribution in [3.05, 3.63) is 29.6 Å². The number of esters is 1. The van der Waals surface area contributed by atoms with Crippen LogP contribution in [-0.2, 0) is 11.2 Å². The van der Waals surface area contributed by atoms with Gasteiger partial charge in [0.1, 0.15) is 0 Å². The lowest BCUT2D eigenvalue weighted by Crippen LogP contribution is -2.12. The number of carbonyl (C=O) groups excluding carboxylic acids is 1. The molecular formula is C11H13NO3. The number of hydrogen-bond acceptors (Lipinski definition) is 4. The Kier molecular flexibility index (Phi) is 2.44. The summed E-state index contributed by atoms with van der Waals surface area (Å²) in [5.41, 5.74) is 0.700. The smallest absolute Gasteiger partial charge is 0.339 e. The Morgan fingerprint density at radius 1 is 1.60 bits per heavy atom. The molecule has 0 atom stereocenters. The first-order valence-electron chi connectivity index (χ1n) is 4.89. The highest BCUT2D eigenvalue weighted by molar-refractivity contribution is 5.88. The number of nitrogens with zero attached hydrogens (tertiary/aromatic N) is 1. The number of aliphatic hydroxyl groups is 1. The van der Waals surface area contributed by atoms with Crippen LogP contribution in [0.1, 0.15) is 28.9 Å². The summed E-state index contributed by atoms with van der Waals surface area (Å²) in [6.45, 7) is 0. The maximum atomic E-state index is 11.1. The van der Waals surface area contributed by atoms with Crippen LogP contribution in [-0.4, -0.2) is 28.8 Å². The molecule has 1 fully saturated rings. The molecular weight excluding hydrogens is 194 g/mol. The molecule has 2 rings (SSSR count). The van der Waals surface area contributed by atoms with Gasteiger partial charge in [0.2, 0.25) is 0 Å². The largest absolute Gasteiger partial charge is 0.465 e. The molecule has 15 heavy (non-hydrogen) atoms. The van der Waals surface area contributed by atoms with Crippen molar-refractivity contribution in [3.8, 4) is 0 Å². The minimum Gasteiger partial charge on any atom is -0.465 e. The van der Waals surface area contributed by atoms with Gasteiger partial charge in [0.05, 0.1) is 18.3 Å². The fourth-order valence-electron chi connectivity index (χ4n) is 1.43. The maximum Gasteiger partial charge on any atom is 0.339 e. The molecule has 0 aliphatic heterocycles. The van der Waals surface area contributed by atoms with Crippen LogP contribution in [0.3, 0.4) is 0 Å². The minimum absolute atomic E-state index is 0.390. The van der Waals surface area contributed by atoms with Gasteiger partial charge in [-0.15, -0.1) is 0 Å². The van der Waals surface area contributed by atoms with Gasteiger partial charge in [-0.25, -0.2) is 4.79 Å². The molecule has 4 heteroatoms. The maximum absolute atomic E-state index is 11.1. The molecule has 0 unspecified atom stereocenters. The number of ether oxygens (including phenoxy) is 1. The number of hydrogen-bond donors (Lipinski definition) is 1. The number of aromatic nitrogens is 1. The predicted octanol–water partition coefficient (Wildman–Crippen LogP) is 0.936. The zero-order valence-corrected chi connectivity index (χ0v) is 8.56. The van der Waals surface area contributed by atoms with Crippen molar-refractivity contribution in [2.45, 2.75) is 24.9 Å². The van der Waals surface area contributed by atoms with Crippen LogP contribution in [0.15, 0.2) is 18.3 Å². The average molecular weight is 207 g/mol. The topological polar surface area (TPSA) is 59.4 Å². The van der Waals surface area contributed by atoms with Gasteiger partial charge < -0.3 is 9.84 Å². The van der Waals surface area contributed by atoms with Gasteiger partial charge in [-0.3, -0.25) is 4.98 Å². The second-order valence-electron chi connectivity index (χ2n) is 3.93. The summed E-state index contributed by atoms with van der Waals surface area (Å²) in [4.78, 5) is 15.2. The molecule has 0 radical (unpaired) electrons. The Morgan fingerprint density at radius 3 is 2.80 bits per heavy atom. The first kappa shape index (κ1) is 10.1. The van der Waals surface area contributed by atoms with Crippen molar-refractivity contribution in [3.63, 3.8) is 0 Å². The van der Waals surface area contributed by atoms with Crippen LogP contribution in [0.5, 0.6) is 0 Å². The average Bonchev–Trinajstić information content (AvgIpc) is 2.96. The number of pyridine rings is 1. The number of methoxy groups -OCH3 is 1. The summed E-state index contributed by atoms with van der Waals surface area (Å²) in [6.07, 6.45) is 3.72. The van der Waals surface area contributed by atoms with Gasteiger partial charge in [0.15, 0.2) is 0 Å². The summed E-state index contributed by atoms with van der Waals surface area (Å²) in [7, 11) is 1.34. The molecule has 0 aromatic carbocycles. The fourth-order valence-corrected chi connectivity index (χ4v) is 1.43. The highest BCUT2D eigenvalue weighted by Crippen LogP contribution is 2.37. The van der Waals surface area contributed by atoms with Gasteiger partial charge in [0, 0.05) is 18.3 Å². The van der Waals surface area contributed by atoms with E-state index in [1.54, 1.807) is 12.1 Å². The van der Waals surface area contributed by atoms with Crippen LogP contribution in [0.25, 0.3) is 0 Å². The Morgan fingerprint density at radius 2 is 2.33 bits per heavy atom. The third kappa shape index (κ3) is 2.33. The highest BCUT2D eigenvalue weighted by atomic mass is 16.5. The van der Waals surface area contributed by atoms with E-state index in [1.165, 1.54) is 13.3 Å². The minimum atomic E-state index is -0.542. The standard InChI is InChI=1S/C11H13NO3/c1-15-10(13)8-2-3-9(12-7-8)6-11(14)4-5-11/h2-3,7,14H,4-6H2,1H3. The van der Waals surface area contributed by atoms with Crippen LogP contribution in [0, 0.1) is 0 Å². The van der Waals surface area contributed by atoms with Crippen LogP contribution in [0.2, 0.25) is 0 Å². The van der Waals surface area contributed by atoms with Gasteiger partial charge in [-0.1, -0.05) is 0 Å². The first-order valence-corrected chi connectivity index (χ1v) is 4.89. The van der Waals surface area contributed by atoms with E-state index in [-0.39, 0.29) is 5.97 Å². The van der Waals surface area contributed by atoms with E-state index < -0.39 is 5.60 Å². The molecule has 0 bridgehead atoms. The van der Waals surface area contributed by atoms with Crippen LogP contribution in [0.4, 0.5) is 0 Å². The molecule has 4 nitrogen and oxygen atoms in total. The highest BCUT2D eigenvalue weighted by Gasteiger charge is 2.40. The van der Waals surface area contributed by atoms with Crippen molar-refractivity contribution in [1.29, 1.82) is 0 Å².